The molecule has 1 aliphatic carbocycles. The second kappa shape index (κ2) is 4.18. The number of aliphatic hydroxyl groups excluding tert-OH is 2. The Morgan fingerprint density at radius 2 is 2.28 bits per heavy atom. The second-order valence-corrected chi connectivity index (χ2v) is 4.74. The highest BCUT2D eigenvalue weighted by Crippen LogP contribution is 2.42. The molecule has 2 heterocycles. The molecule has 0 unspecified atom stereocenters. The van der Waals surface area contributed by atoms with Crippen molar-refractivity contribution in [3.8, 4) is 0 Å². The number of anilines is 1. The van der Waals surface area contributed by atoms with Crippen LogP contribution in [0.2, 0.25) is 0 Å². The van der Waals surface area contributed by atoms with Crippen LogP contribution in [0.25, 0.3) is 11.2 Å². The zero-order valence-corrected chi connectivity index (χ0v) is 9.77. The van der Waals surface area contributed by atoms with Crippen LogP contribution in [0.15, 0.2) is 12.7 Å². The fraction of sp³-hybridized carbons (Fsp3) is 0.545. The molecule has 0 aromatic carbocycles. The third kappa shape index (κ3) is 1.81. The average molecular weight is 249 g/mol. The maximum absolute atomic E-state index is 9.53. The number of aliphatic hydroxyl groups is 2. The van der Waals surface area contributed by atoms with Crippen molar-refractivity contribution in [2.75, 3.05) is 12.3 Å². The summed E-state index contributed by atoms with van der Waals surface area (Å²) >= 11 is 0. The van der Waals surface area contributed by atoms with Crippen molar-refractivity contribution in [1.82, 2.24) is 19.5 Å². The number of aromatic nitrogens is 4. The number of rotatable bonds is 4. The number of fused-ring (bicyclic) bond motifs is 1. The standard InChI is InChI=1S/C11H15N5O2/c12-10-9-11(14-4-13-10)16(5-15-9)2-6-1-7(6)8(18)3-17/h4-8,17-18H,1-3H2,(H2,12,13,14)/t6-,7-,8-/m1/s1. The van der Waals surface area contributed by atoms with Gasteiger partial charge in [0.15, 0.2) is 11.5 Å². The SMILES string of the molecule is Nc1ncnc2c1ncn2C[C@H]1C[C@H]1[C@H](O)CO. The van der Waals surface area contributed by atoms with Crippen LogP contribution in [0.4, 0.5) is 5.82 Å². The smallest absolute Gasteiger partial charge is 0.165 e. The van der Waals surface area contributed by atoms with Gasteiger partial charge in [-0.2, -0.15) is 0 Å². The van der Waals surface area contributed by atoms with Gasteiger partial charge in [0.2, 0.25) is 0 Å². The first-order valence-corrected chi connectivity index (χ1v) is 5.91. The lowest BCUT2D eigenvalue weighted by Gasteiger charge is -2.06. The second-order valence-electron chi connectivity index (χ2n) is 4.74. The summed E-state index contributed by atoms with van der Waals surface area (Å²) in [6.45, 7) is 0.551. The Kier molecular flexibility index (Phi) is 2.64. The van der Waals surface area contributed by atoms with E-state index in [0.29, 0.717) is 22.9 Å². The van der Waals surface area contributed by atoms with E-state index in [4.69, 9.17) is 10.8 Å². The molecule has 1 fully saturated rings. The molecule has 2 aromatic rings. The first kappa shape index (κ1) is 11.4. The van der Waals surface area contributed by atoms with Crippen LogP contribution in [0.5, 0.6) is 0 Å². The maximum Gasteiger partial charge on any atom is 0.165 e. The monoisotopic (exact) mass is 249 g/mol. The summed E-state index contributed by atoms with van der Waals surface area (Å²) in [5.41, 5.74) is 7.04. The van der Waals surface area contributed by atoms with Crippen molar-refractivity contribution in [3.05, 3.63) is 12.7 Å². The van der Waals surface area contributed by atoms with Gasteiger partial charge in [-0.1, -0.05) is 0 Å². The number of imidazole rings is 1. The van der Waals surface area contributed by atoms with E-state index in [1.807, 2.05) is 4.57 Å². The van der Waals surface area contributed by atoms with Gasteiger partial charge in [-0.3, -0.25) is 0 Å². The summed E-state index contributed by atoms with van der Waals surface area (Å²) in [6.07, 6.45) is 3.41. The van der Waals surface area contributed by atoms with Gasteiger partial charge in [0, 0.05) is 6.54 Å². The predicted molar refractivity (Wildman–Crippen MR) is 64.4 cm³/mol. The number of hydrogen-bond acceptors (Lipinski definition) is 6. The van der Waals surface area contributed by atoms with E-state index in [-0.39, 0.29) is 12.5 Å². The van der Waals surface area contributed by atoms with E-state index < -0.39 is 6.10 Å². The lowest BCUT2D eigenvalue weighted by molar-refractivity contribution is 0.0729. The van der Waals surface area contributed by atoms with E-state index in [1.165, 1.54) is 6.33 Å². The Bertz CT molecular complexity index is 570. The van der Waals surface area contributed by atoms with Crippen LogP contribution in [0.3, 0.4) is 0 Å². The number of nitrogens with zero attached hydrogens (tertiary/aromatic N) is 4. The van der Waals surface area contributed by atoms with Crippen molar-refractivity contribution in [3.63, 3.8) is 0 Å². The lowest BCUT2D eigenvalue weighted by Crippen LogP contribution is -2.16. The molecule has 4 N–H and O–H groups in total. The Labute approximate surface area is 103 Å². The minimum absolute atomic E-state index is 0.173. The van der Waals surface area contributed by atoms with Gasteiger partial charge in [-0.05, 0) is 18.3 Å². The Morgan fingerprint density at radius 1 is 1.44 bits per heavy atom. The largest absolute Gasteiger partial charge is 0.394 e. The summed E-state index contributed by atoms with van der Waals surface area (Å²) in [6, 6.07) is 0. The molecule has 0 amide bonds. The summed E-state index contributed by atoms with van der Waals surface area (Å²) < 4.78 is 1.92. The highest BCUT2D eigenvalue weighted by Gasteiger charge is 2.42. The maximum atomic E-state index is 9.53. The Hall–Kier alpha value is -1.73. The molecule has 7 heteroatoms. The molecule has 0 saturated heterocycles. The quantitative estimate of drug-likeness (QED) is 0.667. The Balaban J connectivity index is 1.79. The van der Waals surface area contributed by atoms with Crippen molar-refractivity contribution in [2.24, 2.45) is 11.8 Å². The molecule has 0 bridgehead atoms. The average Bonchev–Trinajstić information content (AvgIpc) is 3.02. The van der Waals surface area contributed by atoms with Crippen LogP contribution >= 0.6 is 0 Å². The van der Waals surface area contributed by atoms with E-state index in [2.05, 4.69) is 15.0 Å². The van der Waals surface area contributed by atoms with E-state index >= 15 is 0 Å². The van der Waals surface area contributed by atoms with Crippen LogP contribution in [-0.2, 0) is 6.54 Å². The molecular weight excluding hydrogens is 234 g/mol. The van der Waals surface area contributed by atoms with Crippen LogP contribution in [0.1, 0.15) is 6.42 Å². The van der Waals surface area contributed by atoms with E-state index in [9.17, 15) is 5.11 Å². The molecule has 1 aliphatic rings. The molecule has 0 radical (unpaired) electrons. The molecule has 1 saturated carbocycles. The van der Waals surface area contributed by atoms with Gasteiger partial charge in [0.25, 0.3) is 0 Å². The summed E-state index contributed by atoms with van der Waals surface area (Å²) in [5.74, 6) is 0.911. The van der Waals surface area contributed by atoms with Gasteiger partial charge in [-0.15, -0.1) is 0 Å². The summed E-state index contributed by atoms with van der Waals surface area (Å²) in [4.78, 5) is 12.3. The van der Waals surface area contributed by atoms with Crippen molar-refractivity contribution >= 4 is 17.0 Å². The normalized spacial score (nSPS) is 24.3. The third-order valence-corrected chi connectivity index (χ3v) is 3.52. The highest BCUT2D eigenvalue weighted by molar-refractivity contribution is 5.81. The van der Waals surface area contributed by atoms with E-state index in [0.717, 1.165) is 13.0 Å². The first-order valence-electron chi connectivity index (χ1n) is 5.91. The van der Waals surface area contributed by atoms with Crippen LogP contribution < -0.4 is 5.73 Å². The number of hydrogen-bond donors (Lipinski definition) is 3. The van der Waals surface area contributed by atoms with E-state index in [1.54, 1.807) is 6.33 Å². The lowest BCUT2D eigenvalue weighted by atomic mass is 10.2. The first-order chi connectivity index (χ1) is 8.70. The van der Waals surface area contributed by atoms with Gasteiger partial charge in [0.05, 0.1) is 19.0 Å². The third-order valence-electron chi connectivity index (χ3n) is 3.52. The van der Waals surface area contributed by atoms with Crippen molar-refractivity contribution < 1.29 is 10.2 Å². The summed E-state index contributed by atoms with van der Waals surface area (Å²) in [5, 5.41) is 18.4. The van der Waals surface area contributed by atoms with Crippen LogP contribution in [0, 0.1) is 11.8 Å². The molecule has 0 spiro atoms. The van der Waals surface area contributed by atoms with Gasteiger partial charge in [0.1, 0.15) is 11.8 Å². The molecule has 2 aromatic heterocycles. The fourth-order valence-electron chi connectivity index (χ4n) is 2.37. The van der Waals surface area contributed by atoms with Gasteiger partial charge in [-0.25, -0.2) is 15.0 Å². The van der Waals surface area contributed by atoms with Crippen LogP contribution in [-0.4, -0.2) is 42.4 Å². The highest BCUT2D eigenvalue weighted by atomic mass is 16.3. The molecule has 3 atom stereocenters. The van der Waals surface area contributed by atoms with Crippen molar-refractivity contribution in [1.29, 1.82) is 0 Å². The van der Waals surface area contributed by atoms with Gasteiger partial charge >= 0.3 is 0 Å². The molecule has 96 valence electrons. The minimum atomic E-state index is -0.621. The Morgan fingerprint density at radius 3 is 3.06 bits per heavy atom. The van der Waals surface area contributed by atoms with Crippen molar-refractivity contribution in [2.45, 2.75) is 19.1 Å². The fourth-order valence-corrected chi connectivity index (χ4v) is 2.37. The predicted octanol–water partition coefficient (Wildman–Crippen LogP) is -0.602. The zero-order chi connectivity index (χ0) is 12.7. The minimum Gasteiger partial charge on any atom is -0.394 e. The number of nitrogen functional groups attached to an aromatic ring is 1. The molecule has 18 heavy (non-hydrogen) atoms. The zero-order valence-electron chi connectivity index (χ0n) is 9.77. The molecular formula is C11H15N5O2. The summed E-state index contributed by atoms with van der Waals surface area (Å²) in [7, 11) is 0. The van der Waals surface area contributed by atoms with Gasteiger partial charge < -0.3 is 20.5 Å². The topological polar surface area (TPSA) is 110 Å². The molecule has 7 nitrogen and oxygen atoms in total. The number of nitrogens with two attached hydrogens (primary N) is 1. The molecule has 0 aliphatic heterocycles. The molecule has 3 rings (SSSR count).